The fourth-order valence-corrected chi connectivity index (χ4v) is 1.88. The van der Waals surface area contributed by atoms with Crippen molar-refractivity contribution >= 4 is 21.6 Å². The van der Waals surface area contributed by atoms with Gasteiger partial charge in [-0.2, -0.15) is 0 Å². The Bertz CT molecular complexity index is 398. The average molecular weight is 303 g/mol. The zero-order valence-corrected chi connectivity index (χ0v) is 11.4. The van der Waals surface area contributed by atoms with Crippen LogP contribution in [0, 0.1) is 10.1 Å². The summed E-state index contributed by atoms with van der Waals surface area (Å²) >= 11 is 3.31. The molecule has 0 saturated heterocycles. The molecule has 0 fully saturated rings. The fraction of sp³-hybridized carbons (Fsp3) is 0.455. The van der Waals surface area contributed by atoms with Gasteiger partial charge in [0, 0.05) is 35.8 Å². The van der Waals surface area contributed by atoms with Crippen molar-refractivity contribution in [2.45, 2.75) is 19.5 Å². The Morgan fingerprint density at radius 3 is 2.88 bits per heavy atom. The highest BCUT2D eigenvalue weighted by Crippen LogP contribution is 2.22. The molecule has 0 heterocycles. The lowest BCUT2D eigenvalue weighted by Crippen LogP contribution is -2.29. The van der Waals surface area contributed by atoms with Gasteiger partial charge in [-0.3, -0.25) is 10.1 Å². The minimum absolute atomic E-state index is 0.130. The molecule has 17 heavy (non-hydrogen) atoms. The number of nitro groups is 1. The molecule has 0 saturated carbocycles. The first kappa shape index (κ1) is 14.1. The Kier molecular flexibility index (Phi) is 5.54. The number of benzene rings is 1. The highest BCUT2D eigenvalue weighted by Gasteiger charge is 2.14. The number of rotatable bonds is 6. The Hall–Kier alpha value is -0.980. The van der Waals surface area contributed by atoms with Gasteiger partial charge in [-0.15, -0.1) is 0 Å². The molecule has 0 aliphatic heterocycles. The first-order chi connectivity index (χ1) is 8.04. The third kappa shape index (κ3) is 4.41. The van der Waals surface area contributed by atoms with E-state index in [2.05, 4.69) is 21.2 Å². The summed E-state index contributed by atoms with van der Waals surface area (Å²) in [5.41, 5.74) is 0.789. The SMILES string of the molecule is COCC(C)NCc1cc(Br)ccc1[N+](=O)[O-]. The molecular weight excluding hydrogens is 288 g/mol. The van der Waals surface area contributed by atoms with Crippen LogP contribution in [0.5, 0.6) is 0 Å². The molecule has 6 heteroatoms. The number of methoxy groups -OCH3 is 1. The van der Waals surface area contributed by atoms with E-state index in [1.807, 2.05) is 6.92 Å². The molecule has 1 N–H and O–H groups in total. The molecular formula is C11H15BrN2O3. The molecule has 5 nitrogen and oxygen atoms in total. The predicted octanol–water partition coefficient (Wildman–Crippen LogP) is 2.48. The molecule has 1 aromatic rings. The molecule has 0 bridgehead atoms. The summed E-state index contributed by atoms with van der Waals surface area (Å²) in [6.07, 6.45) is 0. The number of nitrogens with one attached hydrogen (secondary N) is 1. The van der Waals surface area contributed by atoms with Crippen LogP contribution in [0.3, 0.4) is 0 Å². The highest BCUT2D eigenvalue weighted by atomic mass is 79.9. The Morgan fingerprint density at radius 2 is 2.29 bits per heavy atom. The minimum atomic E-state index is -0.371. The summed E-state index contributed by atoms with van der Waals surface area (Å²) in [6.45, 7) is 2.98. The number of ether oxygens (including phenoxy) is 1. The van der Waals surface area contributed by atoms with Crippen molar-refractivity contribution in [1.82, 2.24) is 5.32 Å². The van der Waals surface area contributed by atoms with Crippen LogP contribution in [-0.2, 0) is 11.3 Å². The molecule has 0 aliphatic rings. The number of halogens is 1. The average Bonchev–Trinajstić information content (AvgIpc) is 2.26. The maximum atomic E-state index is 10.8. The molecule has 0 aliphatic carbocycles. The smallest absolute Gasteiger partial charge is 0.273 e. The number of nitrogens with zero attached hydrogens (tertiary/aromatic N) is 1. The topological polar surface area (TPSA) is 64.4 Å². The Balaban J connectivity index is 2.75. The van der Waals surface area contributed by atoms with Crippen LogP contribution < -0.4 is 5.32 Å². The second-order valence-electron chi connectivity index (χ2n) is 3.77. The summed E-state index contributed by atoms with van der Waals surface area (Å²) < 4.78 is 5.82. The molecule has 1 aromatic carbocycles. The summed E-state index contributed by atoms with van der Waals surface area (Å²) in [5, 5.41) is 14.0. The fourth-order valence-electron chi connectivity index (χ4n) is 1.47. The molecule has 1 rings (SSSR count). The second-order valence-corrected chi connectivity index (χ2v) is 4.68. The summed E-state index contributed by atoms with van der Waals surface area (Å²) in [5.74, 6) is 0. The Morgan fingerprint density at radius 1 is 1.59 bits per heavy atom. The van der Waals surface area contributed by atoms with E-state index in [9.17, 15) is 10.1 Å². The lowest BCUT2D eigenvalue weighted by atomic mass is 10.1. The standard InChI is InChI=1S/C11H15BrN2O3/c1-8(7-17-2)13-6-9-5-10(12)3-4-11(9)14(15)16/h3-5,8,13H,6-7H2,1-2H3. The van der Waals surface area contributed by atoms with E-state index >= 15 is 0 Å². The third-order valence-electron chi connectivity index (χ3n) is 2.30. The van der Waals surface area contributed by atoms with Gasteiger partial charge in [-0.25, -0.2) is 0 Å². The van der Waals surface area contributed by atoms with E-state index in [0.29, 0.717) is 18.7 Å². The van der Waals surface area contributed by atoms with Crippen LogP contribution in [0.4, 0.5) is 5.69 Å². The van der Waals surface area contributed by atoms with E-state index in [0.717, 1.165) is 4.47 Å². The maximum Gasteiger partial charge on any atom is 0.273 e. The normalized spacial score (nSPS) is 12.4. The Labute approximate surface area is 108 Å². The molecule has 0 radical (unpaired) electrons. The summed E-state index contributed by atoms with van der Waals surface area (Å²) in [6, 6.07) is 5.08. The van der Waals surface area contributed by atoms with Gasteiger partial charge < -0.3 is 10.1 Å². The van der Waals surface area contributed by atoms with Gasteiger partial charge >= 0.3 is 0 Å². The third-order valence-corrected chi connectivity index (χ3v) is 2.79. The zero-order valence-electron chi connectivity index (χ0n) is 9.77. The van der Waals surface area contributed by atoms with E-state index in [4.69, 9.17) is 4.74 Å². The van der Waals surface area contributed by atoms with Crippen LogP contribution in [0.1, 0.15) is 12.5 Å². The minimum Gasteiger partial charge on any atom is -0.383 e. The van der Waals surface area contributed by atoms with Gasteiger partial charge in [-0.05, 0) is 19.1 Å². The largest absolute Gasteiger partial charge is 0.383 e. The summed E-state index contributed by atoms with van der Waals surface area (Å²) in [7, 11) is 1.62. The van der Waals surface area contributed by atoms with Crippen molar-refractivity contribution in [3.05, 3.63) is 38.3 Å². The van der Waals surface area contributed by atoms with Gasteiger partial charge in [0.15, 0.2) is 0 Å². The van der Waals surface area contributed by atoms with Gasteiger partial charge in [0.2, 0.25) is 0 Å². The highest BCUT2D eigenvalue weighted by molar-refractivity contribution is 9.10. The molecule has 1 atom stereocenters. The molecule has 1 unspecified atom stereocenters. The molecule has 94 valence electrons. The van der Waals surface area contributed by atoms with Crippen molar-refractivity contribution in [3.63, 3.8) is 0 Å². The van der Waals surface area contributed by atoms with E-state index in [1.54, 1.807) is 19.2 Å². The van der Waals surface area contributed by atoms with Crippen LogP contribution in [0.25, 0.3) is 0 Å². The van der Waals surface area contributed by atoms with Gasteiger partial charge in [-0.1, -0.05) is 15.9 Å². The van der Waals surface area contributed by atoms with Crippen molar-refractivity contribution in [3.8, 4) is 0 Å². The van der Waals surface area contributed by atoms with Crippen molar-refractivity contribution in [2.75, 3.05) is 13.7 Å². The molecule has 0 amide bonds. The zero-order chi connectivity index (χ0) is 12.8. The van der Waals surface area contributed by atoms with Crippen LogP contribution in [-0.4, -0.2) is 24.7 Å². The number of hydrogen-bond acceptors (Lipinski definition) is 4. The lowest BCUT2D eigenvalue weighted by Gasteiger charge is -2.12. The lowest BCUT2D eigenvalue weighted by molar-refractivity contribution is -0.385. The molecule has 0 spiro atoms. The van der Waals surface area contributed by atoms with Crippen LogP contribution >= 0.6 is 15.9 Å². The second kappa shape index (κ2) is 6.68. The quantitative estimate of drug-likeness (QED) is 0.648. The molecule has 0 aromatic heterocycles. The van der Waals surface area contributed by atoms with Crippen LogP contribution in [0.2, 0.25) is 0 Å². The van der Waals surface area contributed by atoms with E-state index < -0.39 is 0 Å². The number of hydrogen-bond donors (Lipinski definition) is 1. The van der Waals surface area contributed by atoms with Gasteiger partial charge in [0.1, 0.15) is 0 Å². The monoisotopic (exact) mass is 302 g/mol. The van der Waals surface area contributed by atoms with Gasteiger partial charge in [0.05, 0.1) is 11.5 Å². The van der Waals surface area contributed by atoms with Crippen molar-refractivity contribution in [1.29, 1.82) is 0 Å². The summed E-state index contributed by atoms with van der Waals surface area (Å²) in [4.78, 5) is 10.5. The van der Waals surface area contributed by atoms with E-state index in [-0.39, 0.29) is 16.7 Å². The van der Waals surface area contributed by atoms with Gasteiger partial charge in [0.25, 0.3) is 5.69 Å². The van der Waals surface area contributed by atoms with E-state index in [1.165, 1.54) is 6.07 Å². The number of nitro benzene ring substituents is 1. The predicted molar refractivity (Wildman–Crippen MR) is 69.0 cm³/mol. The first-order valence-electron chi connectivity index (χ1n) is 5.19. The van der Waals surface area contributed by atoms with Crippen molar-refractivity contribution in [2.24, 2.45) is 0 Å². The van der Waals surface area contributed by atoms with Crippen LogP contribution in [0.15, 0.2) is 22.7 Å². The van der Waals surface area contributed by atoms with Crippen molar-refractivity contribution < 1.29 is 9.66 Å². The maximum absolute atomic E-state index is 10.8. The first-order valence-corrected chi connectivity index (χ1v) is 5.99.